The number of nitrogens with zero attached hydrogens (tertiary/aromatic N) is 1. The lowest BCUT2D eigenvalue weighted by atomic mass is 10.1. The summed E-state index contributed by atoms with van der Waals surface area (Å²) in [7, 11) is 0. The summed E-state index contributed by atoms with van der Waals surface area (Å²) in [6.07, 6.45) is 6.99. The molecule has 0 saturated heterocycles. The summed E-state index contributed by atoms with van der Waals surface area (Å²) < 4.78 is 0. The van der Waals surface area contributed by atoms with Gasteiger partial charge in [0.25, 0.3) is 0 Å². The van der Waals surface area contributed by atoms with Crippen LogP contribution in [0, 0.1) is 0 Å². The smallest absolute Gasteiger partial charge is 0.0908 e. The molecule has 1 aromatic heterocycles. The first-order valence-electron chi connectivity index (χ1n) is 6.14. The van der Waals surface area contributed by atoms with Crippen LogP contribution >= 0.6 is 11.6 Å². The van der Waals surface area contributed by atoms with E-state index in [2.05, 4.69) is 22.4 Å². The number of pyridine rings is 1. The first-order chi connectivity index (χ1) is 8.34. The van der Waals surface area contributed by atoms with Crippen LogP contribution in [-0.2, 0) is 0 Å². The summed E-state index contributed by atoms with van der Waals surface area (Å²) >= 11 is 6.16. The summed E-state index contributed by atoms with van der Waals surface area (Å²) in [6, 6.07) is 8.63. The number of halogens is 1. The third kappa shape index (κ3) is 2.09. The van der Waals surface area contributed by atoms with Crippen molar-refractivity contribution in [3.05, 3.63) is 35.5 Å². The number of hydrogen-bond donors (Lipinski definition) is 1. The standard InChI is InChI=1S/C14H15ClN2/c15-12-7-8-13(17-10-4-1-2-5-10)11-6-3-9-16-14(11)12/h3,6-10,17H,1-2,4-5H2. The Morgan fingerprint density at radius 2 is 2.00 bits per heavy atom. The number of hydrogen-bond acceptors (Lipinski definition) is 2. The van der Waals surface area contributed by atoms with Gasteiger partial charge in [-0.05, 0) is 37.1 Å². The molecule has 1 aromatic carbocycles. The fourth-order valence-corrected chi connectivity index (χ4v) is 2.77. The molecule has 1 aliphatic rings. The second kappa shape index (κ2) is 4.53. The Morgan fingerprint density at radius 1 is 1.18 bits per heavy atom. The zero-order valence-corrected chi connectivity index (χ0v) is 10.4. The predicted molar refractivity (Wildman–Crippen MR) is 72.6 cm³/mol. The molecule has 0 atom stereocenters. The molecule has 1 N–H and O–H groups in total. The van der Waals surface area contributed by atoms with Gasteiger partial charge in [-0.3, -0.25) is 4.98 Å². The molecular formula is C14H15ClN2. The van der Waals surface area contributed by atoms with Gasteiger partial charge in [0.15, 0.2) is 0 Å². The van der Waals surface area contributed by atoms with Gasteiger partial charge in [0.05, 0.1) is 10.5 Å². The maximum Gasteiger partial charge on any atom is 0.0908 e. The van der Waals surface area contributed by atoms with Gasteiger partial charge >= 0.3 is 0 Å². The Hall–Kier alpha value is -1.28. The molecule has 1 fully saturated rings. The van der Waals surface area contributed by atoms with E-state index in [9.17, 15) is 0 Å². The van der Waals surface area contributed by atoms with Gasteiger partial charge in [-0.25, -0.2) is 0 Å². The molecule has 1 saturated carbocycles. The second-order valence-electron chi connectivity index (χ2n) is 4.62. The van der Waals surface area contributed by atoms with E-state index in [4.69, 9.17) is 11.6 Å². The number of rotatable bonds is 2. The minimum absolute atomic E-state index is 0.611. The molecule has 1 aliphatic carbocycles. The number of fused-ring (bicyclic) bond motifs is 1. The summed E-state index contributed by atoms with van der Waals surface area (Å²) in [5, 5.41) is 5.45. The summed E-state index contributed by atoms with van der Waals surface area (Å²) in [5.41, 5.74) is 2.04. The topological polar surface area (TPSA) is 24.9 Å². The lowest BCUT2D eigenvalue weighted by Crippen LogP contribution is -2.14. The average Bonchev–Trinajstić information content (AvgIpc) is 2.86. The molecule has 2 aromatic rings. The van der Waals surface area contributed by atoms with Gasteiger partial charge in [0, 0.05) is 23.3 Å². The monoisotopic (exact) mass is 246 g/mol. The van der Waals surface area contributed by atoms with Crippen LogP contribution in [0.2, 0.25) is 5.02 Å². The van der Waals surface area contributed by atoms with E-state index in [1.807, 2.05) is 12.1 Å². The molecule has 0 unspecified atom stereocenters. The maximum absolute atomic E-state index is 6.16. The van der Waals surface area contributed by atoms with Crippen LogP contribution in [-0.4, -0.2) is 11.0 Å². The number of aromatic nitrogens is 1. The van der Waals surface area contributed by atoms with Crippen LogP contribution in [0.3, 0.4) is 0 Å². The molecule has 0 aliphatic heterocycles. The molecule has 1 heterocycles. The van der Waals surface area contributed by atoms with Crippen molar-refractivity contribution >= 4 is 28.2 Å². The molecular weight excluding hydrogens is 232 g/mol. The second-order valence-corrected chi connectivity index (χ2v) is 5.03. The molecule has 0 radical (unpaired) electrons. The first kappa shape index (κ1) is 10.8. The van der Waals surface area contributed by atoms with E-state index in [-0.39, 0.29) is 0 Å². The SMILES string of the molecule is Clc1ccc(NC2CCCC2)c2cccnc12. The van der Waals surface area contributed by atoms with Crippen molar-refractivity contribution in [1.29, 1.82) is 0 Å². The van der Waals surface area contributed by atoms with E-state index in [0.29, 0.717) is 6.04 Å². The van der Waals surface area contributed by atoms with Gasteiger partial charge < -0.3 is 5.32 Å². The van der Waals surface area contributed by atoms with Crippen LogP contribution in [0.1, 0.15) is 25.7 Å². The Labute approximate surface area is 106 Å². The molecule has 0 bridgehead atoms. The largest absolute Gasteiger partial charge is 0.382 e. The van der Waals surface area contributed by atoms with Crippen molar-refractivity contribution < 1.29 is 0 Å². The third-order valence-corrected chi connectivity index (χ3v) is 3.74. The highest BCUT2D eigenvalue weighted by molar-refractivity contribution is 6.35. The van der Waals surface area contributed by atoms with Gasteiger partial charge in [-0.2, -0.15) is 0 Å². The minimum atomic E-state index is 0.611. The average molecular weight is 247 g/mol. The Morgan fingerprint density at radius 3 is 2.82 bits per heavy atom. The molecule has 0 amide bonds. The molecule has 88 valence electrons. The van der Waals surface area contributed by atoms with E-state index >= 15 is 0 Å². The van der Waals surface area contributed by atoms with Crippen LogP contribution in [0.4, 0.5) is 5.69 Å². The maximum atomic E-state index is 6.16. The lowest BCUT2D eigenvalue weighted by molar-refractivity contribution is 0.756. The summed E-state index contributed by atoms with van der Waals surface area (Å²) in [4.78, 5) is 4.34. The van der Waals surface area contributed by atoms with E-state index in [0.717, 1.165) is 21.6 Å². The first-order valence-corrected chi connectivity index (χ1v) is 6.52. The number of nitrogens with one attached hydrogen (secondary N) is 1. The Bertz CT molecular complexity index is 533. The summed E-state index contributed by atoms with van der Waals surface area (Å²) in [5.74, 6) is 0. The van der Waals surface area contributed by atoms with Crippen LogP contribution < -0.4 is 5.32 Å². The van der Waals surface area contributed by atoms with Crippen molar-refractivity contribution in [2.45, 2.75) is 31.7 Å². The Kier molecular flexibility index (Phi) is 2.89. The molecule has 3 heteroatoms. The van der Waals surface area contributed by atoms with Gasteiger partial charge in [-0.1, -0.05) is 24.4 Å². The molecule has 17 heavy (non-hydrogen) atoms. The van der Waals surface area contributed by atoms with Gasteiger partial charge in [0.1, 0.15) is 0 Å². The third-order valence-electron chi connectivity index (χ3n) is 3.44. The van der Waals surface area contributed by atoms with Crippen LogP contribution in [0.25, 0.3) is 10.9 Å². The highest BCUT2D eigenvalue weighted by Crippen LogP contribution is 2.30. The van der Waals surface area contributed by atoms with Crippen molar-refractivity contribution in [1.82, 2.24) is 4.98 Å². The van der Waals surface area contributed by atoms with E-state index in [1.165, 1.54) is 25.7 Å². The van der Waals surface area contributed by atoms with Crippen LogP contribution in [0.5, 0.6) is 0 Å². The van der Waals surface area contributed by atoms with Gasteiger partial charge in [0.2, 0.25) is 0 Å². The quantitative estimate of drug-likeness (QED) is 0.857. The van der Waals surface area contributed by atoms with Crippen molar-refractivity contribution in [2.75, 3.05) is 5.32 Å². The fourth-order valence-electron chi connectivity index (χ4n) is 2.55. The van der Waals surface area contributed by atoms with Gasteiger partial charge in [-0.15, -0.1) is 0 Å². The zero-order valence-electron chi connectivity index (χ0n) is 9.62. The predicted octanol–water partition coefficient (Wildman–Crippen LogP) is 4.24. The number of anilines is 1. The highest BCUT2D eigenvalue weighted by atomic mass is 35.5. The number of benzene rings is 1. The minimum Gasteiger partial charge on any atom is -0.382 e. The molecule has 3 rings (SSSR count). The molecule has 2 nitrogen and oxygen atoms in total. The van der Waals surface area contributed by atoms with E-state index < -0.39 is 0 Å². The zero-order chi connectivity index (χ0) is 11.7. The summed E-state index contributed by atoms with van der Waals surface area (Å²) in [6.45, 7) is 0. The highest BCUT2D eigenvalue weighted by Gasteiger charge is 2.15. The van der Waals surface area contributed by atoms with Crippen LogP contribution in [0.15, 0.2) is 30.5 Å². The van der Waals surface area contributed by atoms with Crippen molar-refractivity contribution in [3.8, 4) is 0 Å². The Balaban J connectivity index is 2.01. The lowest BCUT2D eigenvalue weighted by Gasteiger charge is -2.15. The van der Waals surface area contributed by atoms with Crippen molar-refractivity contribution in [2.24, 2.45) is 0 Å². The van der Waals surface area contributed by atoms with E-state index in [1.54, 1.807) is 6.20 Å². The van der Waals surface area contributed by atoms with Crippen molar-refractivity contribution in [3.63, 3.8) is 0 Å². The fraction of sp³-hybridized carbons (Fsp3) is 0.357. The molecule has 0 spiro atoms. The normalized spacial score (nSPS) is 16.5.